The fourth-order valence-corrected chi connectivity index (χ4v) is 7.33. The fourth-order valence-electron chi connectivity index (χ4n) is 1.17. The summed E-state index contributed by atoms with van der Waals surface area (Å²) in [5.41, 5.74) is 0. The van der Waals surface area contributed by atoms with E-state index in [-0.39, 0.29) is 0 Å². The highest BCUT2D eigenvalue weighted by atomic mass is 32.2. The van der Waals surface area contributed by atoms with E-state index in [9.17, 15) is 0 Å². The van der Waals surface area contributed by atoms with E-state index in [4.69, 9.17) is 0 Å². The first kappa shape index (κ1) is 13.5. The van der Waals surface area contributed by atoms with Crippen LogP contribution in [0, 0.1) is 0 Å². The molecule has 0 radical (unpaired) electrons. The third kappa shape index (κ3) is 3.53. The zero-order valence-corrected chi connectivity index (χ0v) is 13.9. The molecule has 6 heteroatoms. The van der Waals surface area contributed by atoms with Gasteiger partial charge in [-0.1, -0.05) is 0 Å². The summed E-state index contributed by atoms with van der Waals surface area (Å²) in [4.78, 5) is 0. The van der Waals surface area contributed by atoms with Crippen molar-refractivity contribution in [1.82, 2.24) is 0 Å². The fraction of sp³-hybridized carbons (Fsp3) is 0.400. The number of thiophene rings is 2. The monoisotopic (exact) mass is 324 g/mol. The van der Waals surface area contributed by atoms with Crippen molar-refractivity contribution in [3.8, 4) is 0 Å². The summed E-state index contributed by atoms with van der Waals surface area (Å²) in [5, 5.41) is 2.31. The topological polar surface area (TPSA) is 0 Å². The zero-order chi connectivity index (χ0) is 11.4. The molecular weight excluding hydrogens is 313 g/mol. The molecule has 0 aliphatic heterocycles. The van der Waals surface area contributed by atoms with Crippen molar-refractivity contribution in [1.29, 1.82) is 0 Å². The van der Waals surface area contributed by atoms with Crippen LogP contribution in [0.1, 0.15) is 0 Å². The lowest BCUT2D eigenvalue weighted by molar-refractivity contribution is 1.78. The third-order valence-electron chi connectivity index (χ3n) is 1.80. The van der Waals surface area contributed by atoms with E-state index in [1.54, 1.807) is 0 Å². The molecule has 0 saturated heterocycles. The first-order valence-corrected chi connectivity index (χ1v) is 11.0. The van der Waals surface area contributed by atoms with E-state index in [0.29, 0.717) is 0 Å². The molecule has 0 aliphatic carbocycles. The molecule has 0 N–H and O–H groups in total. The minimum Gasteiger partial charge on any atom is -0.154 e. The normalized spacial score (nSPS) is 11.4. The van der Waals surface area contributed by atoms with Crippen LogP contribution in [0.15, 0.2) is 20.6 Å². The minimum atomic E-state index is 1.15. The van der Waals surface area contributed by atoms with Crippen LogP contribution >= 0.6 is 69.7 Å². The quantitative estimate of drug-likeness (QED) is 0.487. The maximum absolute atomic E-state index is 2.34. The average Bonchev–Trinajstić information content (AvgIpc) is 2.80. The SMILES string of the molecule is CSCSc1cc2sc(SCSC)cc2s1. The molecular formula is C10H12S6. The lowest BCUT2D eigenvalue weighted by atomic mass is 10.5. The minimum absolute atomic E-state index is 1.15. The van der Waals surface area contributed by atoms with Crippen LogP contribution in [0.3, 0.4) is 0 Å². The number of hydrogen-bond acceptors (Lipinski definition) is 6. The van der Waals surface area contributed by atoms with Gasteiger partial charge in [0.2, 0.25) is 0 Å². The molecule has 0 aliphatic rings. The van der Waals surface area contributed by atoms with Crippen molar-refractivity contribution in [2.24, 2.45) is 0 Å². The van der Waals surface area contributed by atoms with E-state index in [1.807, 2.05) is 69.7 Å². The van der Waals surface area contributed by atoms with E-state index < -0.39 is 0 Å². The Morgan fingerprint density at radius 2 is 1.31 bits per heavy atom. The van der Waals surface area contributed by atoms with Crippen LogP contribution in [0.4, 0.5) is 0 Å². The van der Waals surface area contributed by atoms with Crippen molar-refractivity contribution in [3.05, 3.63) is 12.1 Å². The van der Waals surface area contributed by atoms with Crippen molar-refractivity contribution >= 4 is 79.1 Å². The summed E-state index contributed by atoms with van der Waals surface area (Å²) < 4.78 is 5.82. The smallest absolute Gasteiger partial charge is 0.0627 e. The van der Waals surface area contributed by atoms with Crippen molar-refractivity contribution in [3.63, 3.8) is 0 Å². The van der Waals surface area contributed by atoms with E-state index >= 15 is 0 Å². The largest absolute Gasteiger partial charge is 0.154 e. The molecule has 0 unspecified atom stereocenters. The van der Waals surface area contributed by atoms with Gasteiger partial charge in [0.25, 0.3) is 0 Å². The maximum atomic E-state index is 2.34. The van der Waals surface area contributed by atoms with Crippen molar-refractivity contribution in [2.75, 3.05) is 22.7 Å². The molecule has 0 amide bonds. The lowest BCUT2D eigenvalue weighted by Gasteiger charge is -1.93. The molecule has 88 valence electrons. The Labute approximate surface area is 121 Å². The highest BCUT2D eigenvalue weighted by molar-refractivity contribution is 8.17. The average molecular weight is 325 g/mol. The Hall–Kier alpha value is 1.06. The van der Waals surface area contributed by atoms with Crippen LogP contribution in [-0.4, -0.2) is 22.7 Å². The second-order valence-corrected chi connectivity index (χ2v) is 10.1. The summed E-state index contributed by atoms with van der Waals surface area (Å²) >= 11 is 11.5. The summed E-state index contributed by atoms with van der Waals surface area (Å²) in [6.07, 6.45) is 4.31. The molecule has 2 heterocycles. The Balaban J connectivity index is 2.07. The van der Waals surface area contributed by atoms with Crippen LogP contribution in [-0.2, 0) is 0 Å². The van der Waals surface area contributed by atoms with Gasteiger partial charge in [-0.3, -0.25) is 0 Å². The number of hydrogen-bond donors (Lipinski definition) is 0. The number of rotatable bonds is 6. The van der Waals surface area contributed by atoms with Gasteiger partial charge in [-0.2, -0.15) is 23.5 Å². The molecule has 0 atom stereocenters. The molecule has 2 aromatic heterocycles. The number of fused-ring (bicyclic) bond motifs is 1. The van der Waals surface area contributed by atoms with Gasteiger partial charge in [0, 0.05) is 19.6 Å². The highest BCUT2D eigenvalue weighted by Crippen LogP contribution is 2.41. The standard InChI is InChI=1S/C10H12S6/c1-11-5-13-9-3-7-8(15-9)4-10(16-7)14-6-12-2/h3-4H,5-6H2,1-2H3. The second-order valence-electron chi connectivity index (χ2n) is 2.96. The Kier molecular flexibility index (Phi) is 5.78. The van der Waals surface area contributed by atoms with Crippen LogP contribution < -0.4 is 0 Å². The Bertz CT molecular complexity index is 374. The zero-order valence-electron chi connectivity index (χ0n) is 9.02. The molecule has 0 bridgehead atoms. The van der Waals surface area contributed by atoms with E-state index in [2.05, 4.69) is 24.6 Å². The van der Waals surface area contributed by atoms with Crippen LogP contribution in [0.5, 0.6) is 0 Å². The summed E-state index contributed by atoms with van der Waals surface area (Å²) in [5.74, 6) is 0. The Morgan fingerprint density at radius 3 is 1.69 bits per heavy atom. The summed E-state index contributed by atoms with van der Waals surface area (Å²) in [7, 11) is 0. The molecule has 16 heavy (non-hydrogen) atoms. The molecule has 0 aromatic carbocycles. The van der Waals surface area contributed by atoms with E-state index in [1.165, 1.54) is 17.8 Å². The Morgan fingerprint density at radius 1 is 0.875 bits per heavy atom. The predicted molar refractivity (Wildman–Crippen MR) is 88.2 cm³/mol. The van der Waals surface area contributed by atoms with Crippen LogP contribution in [0.25, 0.3) is 9.40 Å². The van der Waals surface area contributed by atoms with E-state index in [0.717, 1.165) is 10.2 Å². The van der Waals surface area contributed by atoms with Gasteiger partial charge in [-0.05, 0) is 24.6 Å². The lowest BCUT2D eigenvalue weighted by Crippen LogP contribution is -1.64. The predicted octanol–water partition coefficient (Wildman–Crippen LogP) is 5.79. The van der Waals surface area contributed by atoms with Gasteiger partial charge >= 0.3 is 0 Å². The van der Waals surface area contributed by atoms with Gasteiger partial charge in [0.15, 0.2) is 0 Å². The van der Waals surface area contributed by atoms with Crippen molar-refractivity contribution in [2.45, 2.75) is 8.42 Å². The summed E-state index contributed by atoms with van der Waals surface area (Å²) in [6.45, 7) is 0. The first-order chi connectivity index (χ1) is 7.83. The maximum Gasteiger partial charge on any atom is 0.0627 e. The molecule has 2 aromatic rings. The number of thioether (sulfide) groups is 4. The molecule has 0 spiro atoms. The van der Waals surface area contributed by atoms with Gasteiger partial charge in [-0.25, -0.2) is 0 Å². The summed E-state index contributed by atoms with van der Waals surface area (Å²) in [6, 6.07) is 4.68. The molecule has 0 nitrogen and oxygen atoms in total. The second kappa shape index (κ2) is 6.85. The first-order valence-electron chi connectivity index (χ1n) is 4.60. The highest BCUT2D eigenvalue weighted by Gasteiger charge is 2.07. The van der Waals surface area contributed by atoms with Gasteiger partial charge in [-0.15, -0.1) is 46.2 Å². The van der Waals surface area contributed by atoms with Gasteiger partial charge < -0.3 is 0 Å². The van der Waals surface area contributed by atoms with Gasteiger partial charge in [0.1, 0.15) is 0 Å². The van der Waals surface area contributed by atoms with Crippen molar-refractivity contribution < 1.29 is 0 Å². The van der Waals surface area contributed by atoms with Gasteiger partial charge in [0.05, 0.1) is 8.42 Å². The molecule has 0 saturated carbocycles. The van der Waals surface area contributed by atoms with Crippen LogP contribution in [0.2, 0.25) is 0 Å². The molecule has 2 rings (SSSR count). The third-order valence-corrected chi connectivity index (χ3v) is 8.52. The molecule has 0 fully saturated rings.